The fourth-order valence-electron chi connectivity index (χ4n) is 1.96. The van der Waals surface area contributed by atoms with Crippen LogP contribution in [0.3, 0.4) is 0 Å². The number of hydrogen-bond acceptors (Lipinski definition) is 2. The summed E-state index contributed by atoms with van der Waals surface area (Å²) in [5, 5.41) is 7.41. The van der Waals surface area contributed by atoms with Crippen LogP contribution in [-0.2, 0) is 6.54 Å². The third kappa shape index (κ3) is 3.17. The zero-order chi connectivity index (χ0) is 12.1. The summed E-state index contributed by atoms with van der Waals surface area (Å²) >= 11 is 0. The quantitative estimate of drug-likeness (QED) is 0.852. The molecule has 1 atom stereocenters. The maximum absolute atomic E-state index is 4.21. The first-order chi connectivity index (χ1) is 8.29. The summed E-state index contributed by atoms with van der Waals surface area (Å²) in [4.78, 5) is 0. The van der Waals surface area contributed by atoms with Gasteiger partial charge >= 0.3 is 0 Å². The summed E-state index contributed by atoms with van der Waals surface area (Å²) in [6, 6.07) is 10.7. The standard InChI is InChI=1S/C14H19N3/c1-12(10-15-2)14-6-4-13(5-7-14)11-17-9-3-8-16-17/h3-9,12,15H,10-11H2,1-2H3. The Morgan fingerprint density at radius 2 is 2.06 bits per heavy atom. The summed E-state index contributed by atoms with van der Waals surface area (Å²) in [6.07, 6.45) is 3.79. The van der Waals surface area contributed by atoms with Gasteiger partial charge in [0.15, 0.2) is 0 Å². The fraction of sp³-hybridized carbons (Fsp3) is 0.357. The second-order valence-corrected chi connectivity index (χ2v) is 4.40. The zero-order valence-corrected chi connectivity index (χ0v) is 10.4. The lowest BCUT2D eigenvalue weighted by atomic mass is 10.00. The molecule has 2 aromatic rings. The molecule has 0 fully saturated rings. The summed E-state index contributed by atoms with van der Waals surface area (Å²) in [7, 11) is 1.99. The maximum Gasteiger partial charge on any atom is 0.0659 e. The minimum atomic E-state index is 0.554. The highest BCUT2D eigenvalue weighted by Crippen LogP contribution is 2.15. The van der Waals surface area contributed by atoms with Crippen molar-refractivity contribution in [1.29, 1.82) is 0 Å². The highest BCUT2D eigenvalue weighted by Gasteiger charge is 2.03. The van der Waals surface area contributed by atoms with Crippen LogP contribution in [0.15, 0.2) is 42.7 Å². The third-order valence-electron chi connectivity index (χ3n) is 2.96. The number of likely N-dealkylation sites (N-methyl/N-ethyl adjacent to an activating group) is 1. The molecule has 0 saturated heterocycles. The molecule has 0 aliphatic heterocycles. The largest absolute Gasteiger partial charge is 0.319 e. The topological polar surface area (TPSA) is 29.9 Å². The van der Waals surface area contributed by atoms with E-state index in [0.717, 1.165) is 13.1 Å². The van der Waals surface area contributed by atoms with Crippen LogP contribution in [-0.4, -0.2) is 23.4 Å². The van der Waals surface area contributed by atoms with Gasteiger partial charge < -0.3 is 5.32 Å². The summed E-state index contributed by atoms with van der Waals surface area (Å²) in [5.41, 5.74) is 2.66. The van der Waals surface area contributed by atoms with Crippen molar-refractivity contribution < 1.29 is 0 Å². The molecular weight excluding hydrogens is 210 g/mol. The predicted molar refractivity (Wildman–Crippen MR) is 70.1 cm³/mol. The van der Waals surface area contributed by atoms with Crippen LogP contribution < -0.4 is 5.32 Å². The minimum Gasteiger partial charge on any atom is -0.319 e. The Morgan fingerprint density at radius 3 is 2.65 bits per heavy atom. The number of hydrogen-bond donors (Lipinski definition) is 1. The van der Waals surface area contributed by atoms with Gasteiger partial charge in [0.1, 0.15) is 0 Å². The van der Waals surface area contributed by atoms with Crippen molar-refractivity contribution in [3.63, 3.8) is 0 Å². The van der Waals surface area contributed by atoms with Crippen LogP contribution in [0.1, 0.15) is 24.0 Å². The van der Waals surface area contributed by atoms with Crippen molar-refractivity contribution in [3.8, 4) is 0 Å². The second-order valence-electron chi connectivity index (χ2n) is 4.40. The molecule has 1 unspecified atom stereocenters. The Balaban J connectivity index is 2.02. The maximum atomic E-state index is 4.21. The van der Waals surface area contributed by atoms with Crippen LogP contribution in [0.5, 0.6) is 0 Å². The lowest BCUT2D eigenvalue weighted by molar-refractivity contribution is 0.672. The highest BCUT2D eigenvalue weighted by atomic mass is 15.3. The number of benzene rings is 1. The Morgan fingerprint density at radius 1 is 1.29 bits per heavy atom. The van der Waals surface area contributed by atoms with Crippen molar-refractivity contribution in [1.82, 2.24) is 15.1 Å². The van der Waals surface area contributed by atoms with Crippen molar-refractivity contribution in [2.45, 2.75) is 19.4 Å². The molecule has 0 amide bonds. The summed E-state index contributed by atoms with van der Waals surface area (Å²) in [5.74, 6) is 0.554. The van der Waals surface area contributed by atoms with Gasteiger partial charge in [-0.05, 0) is 30.2 Å². The van der Waals surface area contributed by atoms with E-state index >= 15 is 0 Å². The van der Waals surface area contributed by atoms with E-state index in [2.05, 4.69) is 41.6 Å². The molecule has 1 aromatic carbocycles. The first-order valence-electron chi connectivity index (χ1n) is 6.00. The molecule has 1 N–H and O–H groups in total. The molecule has 90 valence electrons. The average Bonchev–Trinajstić information content (AvgIpc) is 2.83. The highest BCUT2D eigenvalue weighted by molar-refractivity contribution is 5.25. The SMILES string of the molecule is CNCC(C)c1ccc(Cn2cccn2)cc1. The molecule has 1 heterocycles. The smallest absolute Gasteiger partial charge is 0.0659 e. The van der Waals surface area contributed by atoms with Gasteiger partial charge in [-0.15, -0.1) is 0 Å². The van der Waals surface area contributed by atoms with E-state index in [1.54, 1.807) is 0 Å². The monoisotopic (exact) mass is 229 g/mol. The van der Waals surface area contributed by atoms with Gasteiger partial charge in [0.05, 0.1) is 6.54 Å². The van der Waals surface area contributed by atoms with Crippen molar-refractivity contribution in [2.75, 3.05) is 13.6 Å². The zero-order valence-electron chi connectivity index (χ0n) is 10.4. The van der Waals surface area contributed by atoms with Crippen molar-refractivity contribution in [2.24, 2.45) is 0 Å². The molecular formula is C14H19N3. The Bertz CT molecular complexity index is 431. The van der Waals surface area contributed by atoms with Crippen LogP contribution in [0.4, 0.5) is 0 Å². The lowest BCUT2D eigenvalue weighted by Crippen LogP contribution is -2.14. The van der Waals surface area contributed by atoms with Gasteiger partial charge in [-0.25, -0.2) is 0 Å². The molecule has 0 bridgehead atoms. The van der Waals surface area contributed by atoms with E-state index in [0.29, 0.717) is 5.92 Å². The van der Waals surface area contributed by atoms with Crippen LogP contribution in [0, 0.1) is 0 Å². The Labute approximate surface area is 102 Å². The van der Waals surface area contributed by atoms with Gasteiger partial charge in [0.2, 0.25) is 0 Å². The average molecular weight is 229 g/mol. The van der Waals surface area contributed by atoms with E-state index in [1.165, 1.54) is 11.1 Å². The normalized spacial score (nSPS) is 12.6. The number of nitrogens with one attached hydrogen (secondary N) is 1. The Hall–Kier alpha value is -1.61. The van der Waals surface area contributed by atoms with Crippen LogP contribution in [0.2, 0.25) is 0 Å². The van der Waals surface area contributed by atoms with E-state index < -0.39 is 0 Å². The van der Waals surface area contributed by atoms with Gasteiger partial charge in [-0.3, -0.25) is 4.68 Å². The first kappa shape index (κ1) is 11.9. The molecule has 0 spiro atoms. The fourth-order valence-corrected chi connectivity index (χ4v) is 1.96. The number of rotatable bonds is 5. The number of aromatic nitrogens is 2. The molecule has 1 aromatic heterocycles. The molecule has 3 nitrogen and oxygen atoms in total. The van der Waals surface area contributed by atoms with Gasteiger partial charge in [0, 0.05) is 18.9 Å². The Kier molecular flexibility index (Phi) is 3.94. The molecule has 0 saturated carbocycles. The molecule has 2 rings (SSSR count). The van der Waals surface area contributed by atoms with Crippen LogP contribution in [0.25, 0.3) is 0 Å². The number of nitrogens with zero attached hydrogens (tertiary/aromatic N) is 2. The summed E-state index contributed by atoms with van der Waals surface area (Å²) in [6.45, 7) is 4.09. The minimum absolute atomic E-state index is 0.554. The second kappa shape index (κ2) is 5.64. The molecule has 17 heavy (non-hydrogen) atoms. The molecule has 0 radical (unpaired) electrons. The van der Waals surface area contributed by atoms with Crippen molar-refractivity contribution in [3.05, 3.63) is 53.9 Å². The van der Waals surface area contributed by atoms with Crippen LogP contribution >= 0.6 is 0 Å². The molecule has 0 aliphatic rings. The predicted octanol–water partition coefficient (Wildman–Crippen LogP) is 2.25. The van der Waals surface area contributed by atoms with Gasteiger partial charge in [-0.2, -0.15) is 5.10 Å². The third-order valence-corrected chi connectivity index (χ3v) is 2.96. The molecule has 0 aliphatic carbocycles. The van der Waals surface area contributed by atoms with Gasteiger partial charge in [0.25, 0.3) is 0 Å². The van der Waals surface area contributed by atoms with E-state index in [4.69, 9.17) is 0 Å². The van der Waals surface area contributed by atoms with E-state index in [9.17, 15) is 0 Å². The van der Waals surface area contributed by atoms with Crippen molar-refractivity contribution >= 4 is 0 Å². The lowest BCUT2D eigenvalue weighted by Gasteiger charge is -2.11. The molecule has 3 heteroatoms. The first-order valence-corrected chi connectivity index (χ1v) is 6.00. The van der Waals surface area contributed by atoms with E-state index in [1.807, 2.05) is 30.2 Å². The van der Waals surface area contributed by atoms with E-state index in [-0.39, 0.29) is 0 Å². The van der Waals surface area contributed by atoms with Gasteiger partial charge in [-0.1, -0.05) is 31.2 Å². The summed E-state index contributed by atoms with van der Waals surface area (Å²) < 4.78 is 1.94.